The lowest BCUT2D eigenvalue weighted by molar-refractivity contribution is -0.110. The highest BCUT2D eigenvalue weighted by Crippen LogP contribution is 2.24. The summed E-state index contributed by atoms with van der Waals surface area (Å²) in [5.74, 6) is 0.431. The molecule has 0 atom stereocenters. The molecule has 1 N–H and O–H groups in total. The van der Waals surface area contributed by atoms with Gasteiger partial charge in [0, 0.05) is 11.8 Å². The molecule has 0 unspecified atom stereocenters. The summed E-state index contributed by atoms with van der Waals surface area (Å²) in [5, 5.41) is 7.08. The first-order valence-electron chi connectivity index (χ1n) is 8.64. The molecule has 0 radical (unpaired) electrons. The van der Waals surface area contributed by atoms with Crippen molar-refractivity contribution in [2.24, 2.45) is 5.10 Å². The van der Waals surface area contributed by atoms with Gasteiger partial charge in [-0.25, -0.2) is 0 Å². The van der Waals surface area contributed by atoms with Crippen LogP contribution in [0.2, 0.25) is 0 Å². The Balaban J connectivity index is 1.76. The van der Waals surface area contributed by atoms with E-state index in [2.05, 4.69) is 48.6 Å². The van der Waals surface area contributed by atoms with E-state index in [0.29, 0.717) is 11.0 Å². The zero-order valence-electron chi connectivity index (χ0n) is 15.2. The summed E-state index contributed by atoms with van der Waals surface area (Å²) in [5.41, 5.74) is 5.16. The van der Waals surface area contributed by atoms with E-state index in [1.807, 2.05) is 42.5 Å². The molecule has 3 aromatic rings. The third-order valence-electron chi connectivity index (χ3n) is 4.10. The number of hydrogen-bond acceptors (Lipinski definition) is 4. The van der Waals surface area contributed by atoms with Crippen LogP contribution in [0.1, 0.15) is 32.3 Å². The van der Waals surface area contributed by atoms with Crippen LogP contribution in [-0.4, -0.2) is 10.8 Å². The topological polar surface area (TPSA) is 41.5 Å². The van der Waals surface area contributed by atoms with E-state index in [9.17, 15) is 4.79 Å². The molecule has 0 heterocycles. The fourth-order valence-corrected chi connectivity index (χ4v) is 3.31. The Labute approximate surface area is 158 Å². The number of ketones is 1. The van der Waals surface area contributed by atoms with Crippen LogP contribution < -0.4 is 5.43 Å². The molecule has 4 heteroatoms. The number of nitrogens with one attached hydrogen (secondary N) is 1. The third-order valence-corrected chi connectivity index (χ3v) is 5.18. The second kappa shape index (κ2) is 8.19. The molecule has 132 valence electrons. The van der Waals surface area contributed by atoms with Gasteiger partial charge in [0.2, 0.25) is 0 Å². The van der Waals surface area contributed by atoms with Gasteiger partial charge < -0.3 is 0 Å². The van der Waals surface area contributed by atoms with Crippen LogP contribution in [0.4, 0.5) is 5.69 Å². The van der Waals surface area contributed by atoms with Crippen LogP contribution in [0.5, 0.6) is 0 Å². The van der Waals surface area contributed by atoms with E-state index in [1.54, 1.807) is 0 Å². The monoisotopic (exact) mass is 362 g/mol. The molecule has 0 amide bonds. The minimum atomic E-state index is -0.0591. The quantitative estimate of drug-likeness (QED) is 0.259. The van der Waals surface area contributed by atoms with Crippen molar-refractivity contribution in [3.8, 4) is 0 Å². The van der Waals surface area contributed by atoms with E-state index >= 15 is 0 Å². The molecular weight excluding hydrogens is 340 g/mol. The standard InChI is InChI=1S/C22H22N2OS/c1-15(2)17-9-12-21(13-10-17)26-22(16(3)25)24-23-20-11-8-18-6-4-5-7-19(18)14-20/h4-15,23H,1-3H3. The van der Waals surface area contributed by atoms with Gasteiger partial charge in [-0.1, -0.05) is 68.1 Å². The highest BCUT2D eigenvalue weighted by molar-refractivity contribution is 8.15. The molecule has 3 aromatic carbocycles. The van der Waals surface area contributed by atoms with Gasteiger partial charge >= 0.3 is 0 Å². The number of anilines is 1. The summed E-state index contributed by atoms with van der Waals surface area (Å²) in [6.45, 7) is 5.87. The zero-order chi connectivity index (χ0) is 18.5. The first-order chi connectivity index (χ1) is 12.5. The Morgan fingerprint density at radius 2 is 1.65 bits per heavy atom. The summed E-state index contributed by atoms with van der Waals surface area (Å²) < 4.78 is 0. The molecule has 0 bridgehead atoms. The van der Waals surface area contributed by atoms with Crippen LogP contribution in [-0.2, 0) is 4.79 Å². The molecule has 0 aliphatic heterocycles. The maximum atomic E-state index is 12.0. The number of thioether (sulfide) groups is 1. The largest absolute Gasteiger partial charge is 0.292 e. The number of carbonyl (C=O) groups is 1. The number of nitrogens with zero attached hydrogens (tertiary/aromatic N) is 1. The Bertz CT molecular complexity index is 946. The number of fused-ring (bicyclic) bond motifs is 1. The van der Waals surface area contributed by atoms with Gasteiger partial charge in [-0.3, -0.25) is 10.2 Å². The van der Waals surface area contributed by atoms with Gasteiger partial charge in [-0.05, 0) is 46.5 Å². The number of carbonyl (C=O) groups excluding carboxylic acids is 1. The van der Waals surface area contributed by atoms with Crippen LogP contribution >= 0.6 is 11.8 Å². The van der Waals surface area contributed by atoms with Crippen molar-refractivity contribution in [2.75, 3.05) is 5.43 Å². The van der Waals surface area contributed by atoms with Gasteiger partial charge in [-0.15, -0.1) is 0 Å². The molecular formula is C22H22N2OS. The predicted octanol–water partition coefficient (Wildman–Crippen LogP) is 6.07. The van der Waals surface area contributed by atoms with E-state index in [0.717, 1.165) is 16.0 Å². The summed E-state index contributed by atoms with van der Waals surface area (Å²) in [6, 6.07) is 22.5. The van der Waals surface area contributed by atoms with E-state index < -0.39 is 0 Å². The summed E-state index contributed by atoms with van der Waals surface area (Å²) in [7, 11) is 0. The lowest BCUT2D eigenvalue weighted by Gasteiger charge is -2.08. The molecule has 0 aromatic heterocycles. The summed E-state index contributed by atoms with van der Waals surface area (Å²) in [6.07, 6.45) is 0. The summed E-state index contributed by atoms with van der Waals surface area (Å²) in [4.78, 5) is 13.0. The molecule has 0 aliphatic carbocycles. The molecule has 0 spiro atoms. The van der Waals surface area contributed by atoms with Crippen LogP contribution in [0.15, 0.2) is 76.7 Å². The molecule has 26 heavy (non-hydrogen) atoms. The smallest absolute Gasteiger partial charge is 0.186 e. The summed E-state index contributed by atoms with van der Waals surface area (Å²) >= 11 is 1.38. The second-order valence-electron chi connectivity index (χ2n) is 6.47. The van der Waals surface area contributed by atoms with Crippen molar-refractivity contribution in [3.63, 3.8) is 0 Å². The Morgan fingerprint density at radius 1 is 0.962 bits per heavy atom. The van der Waals surface area contributed by atoms with Crippen LogP contribution in [0.25, 0.3) is 10.8 Å². The predicted molar refractivity (Wildman–Crippen MR) is 112 cm³/mol. The highest BCUT2D eigenvalue weighted by atomic mass is 32.2. The average molecular weight is 362 g/mol. The van der Waals surface area contributed by atoms with E-state index in [-0.39, 0.29) is 5.78 Å². The van der Waals surface area contributed by atoms with Crippen molar-refractivity contribution in [1.29, 1.82) is 0 Å². The lowest BCUT2D eigenvalue weighted by Crippen LogP contribution is -2.08. The molecule has 0 saturated carbocycles. The number of benzene rings is 3. The van der Waals surface area contributed by atoms with Crippen LogP contribution in [0.3, 0.4) is 0 Å². The van der Waals surface area contributed by atoms with Crippen LogP contribution in [0, 0.1) is 0 Å². The van der Waals surface area contributed by atoms with E-state index in [4.69, 9.17) is 0 Å². The molecule has 3 rings (SSSR count). The van der Waals surface area contributed by atoms with Crippen molar-refractivity contribution in [2.45, 2.75) is 31.6 Å². The lowest BCUT2D eigenvalue weighted by atomic mass is 10.0. The molecule has 0 aliphatic rings. The van der Waals surface area contributed by atoms with Crippen molar-refractivity contribution < 1.29 is 4.79 Å². The SMILES string of the molecule is CC(=O)C(=NNc1ccc2ccccc2c1)Sc1ccc(C(C)C)cc1. The fourth-order valence-electron chi connectivity index (χ4n) is 2.58. The Kier molecular flexibility index (Phi) is 5.74. The van der Waals surface area contributed by atoms with Crippen molar-refractivity contribution >= 4 is 39.0 Å². The molecule has 0 fully saturated rings. The maximum Gasteiger partial charge on any atom is 0.186 e. The number of rotatable bonds is 5. The zero-order valence-corrected chi connectivity index (χ0v) is 16.0. The van der Waals surface area contributed by atoms with Gasteiger partial charge in [0.15, 0.2) is 10.8 Å². The van der Waals surface area contributed by atoms with Gasteiger partial charge in [0.1, 0.15) is 0 Å². The van der Waals surface area contributed by atoms with Crippen molar-refractivity contribution in [3.05, 3.63) is 72.3 Å². The van der Waals surface area contributed by atoms with E-state index in [1.165, 1.54) is 29.6 Å². The third kappa shape index (κ3) is 4.52. The second-order valence-corrected chi connectivity index (χ2v) is 7.53. The number of Topliss-reactive ketones (excluding diaryl/α,β-unsaturated/α-hetero) is 1. The molecule has 0 saturated heterocycles. The van der Waals surface area contributed by atoms with Crippen molar-refractivity contribution in [1.82, 2.24) is 0 Å². The number of hydrogen-bond donors (Lipinski definition) is 1. The Hall–Kier alpha value is -2.59. The first-order valence-corrected chi connectivity index (χ1v) is 9.46. The highest BCUT2D eigenvalue weighted by Gasteiger charge is 2.09. The molecule has 3 nitrogen and oxygen atoms in total. The fraction of sp³-hybridized carbons (Fsp3) is 0.182. The minimum absolute atomic E-state index is 0.0591. The Morgan fingerprint density at radius 3 is 2.31 bits per heavy atom. The first kappa shape index (κ1) is 18.2. The van der Waals surface area contributed by atoms with Gasteiger partial charge in [0.25, 0.3) is 0 Å². The number of hydrazone groups is 1. The maximum absolute atomic E-state index is 12.0. The average Bonchev–Trinajstić information content (AvgIpc) is 2.65. The normalized spacial score (nSPS) is 11.8. The van der Waals surface area contributed by atoms with Gasteiger partial charge in [-0.2, -0.15) is 5.10 Å². The van der Waals surface area contributed by atoms with Gasteiger partial charge in [0.05, 0.1) is 5.69 Å². The minimum Gasteiger partial charge on any atom is -0.292 e.